The lowest BCUT2D eigenvalue weighted by Gasteiger charge is -2.33. The minimum Gasteiger partial charge on any atom is -0.379 e. The maximum absolute atomic E-state index is 13.5. The first-order chi connectivity index (χ1) is 21.3. The molecule has 4 rings (SSSR count). The number of alkyl halides is 12. The smallest absolute Gasteiger partial charge is 0.379 e. The quantitative estimate of drug-likeness (QED) is 0.420. The molecule has 7 nitrogen and oxygen atoms in total. The van der Waals surface area contributed by atoms with E-state index in [-0.39, 0.29) is 90.2 Å². The molecule has 0 atom stereocenters. The van der Waals surface area contributed by atoms with Crippen LogP contribution in [-0.4, -0.2) is 141 Å². The highest BCUT2D eigenvalue weighted by atomic mass is 19.4. The summed E-state index contributed by atoms with van der Waals surface area (Å²) >= 11 is 0. The monoisotopic (exact) mass is 691 g/mol. The lowest BCUT2D eigenvalue weighted by atomic mass is 10.1. The average molecular weight is 692 g/mol. The van der Waals surface area contributed by atoms with Gasteiger partial charge in [0.2, 0.25) is 0 Å². The molecule has 3 aliphatic heterocycles. The lowest BCUT2D eigenvalue weighted by molar-refractivity contribution is -0.288. The van der Waals surface area contributed by atoms with E-state index >= 15 is 0 Å². The van der Waals surface area contributed by atoms with Crippen LogP contribution in [0.15, 0.2) is 18.2 Å². The normalized spacial score (nSPS) is 23.5. The Kier molecular flexibility index (Phi) is 13.8. The van der Waals surface area contributed by atoms with Crippen molar-refractivity contribution in [3.63, 3.8) is 0 Å². The third-order valence-corrected chi connectivity index (χ3v) is 7.77. The Morgan fingerprint density at radius 3 is 1.15 bits per heavy atom. The van der Waals surface area contributed by atoms with Crippen molar-refractivity contribution in [2.45, 2.75) is 37.8 Å². The Labute approximate surface area is 258 Å². The molecule has 266 valence electrons. The topological polar surface area (TPSA) is 44.3 Å². The van der Waals surface area contributed by atoms with Gasteiger partial charge in [0.1, 0.15) is 0 Å². The largest absolute Gasteiger partial charge is 0.401 e. The van der Waals surface area contributed by atoms with Crippen LogP contribution in [0.2, 0.25) is 0 Å². The van der Waals surface area contributed by atoms with Gasteiger partial charge in [-0.15, -0.1) is 0 Å². The van der Waals surface area contributed by atoms with Gasteiger partial charge >= 0.3 is 24.7 Å². The van der Waals surface area contributed by atoms with Crippen LogP contribution in [0, 0.1) is 11.8 Å². The van der Waals surface area contributed by atoms with Gasteiger partial charge in [0, 0.05) is 78.5 Å². The summed E-state index contributed by atoms with van der Waals surface area (Å²) in [7, 11) is 0. The van der Waals surface area contributed by atoms with E-state index in [0.29, 0.717) is 0 Å². The summed E-state index contributed by atoms with van der Waals surface area (Å²) in [5.41, 5.74) is 0.0108. The van der Waals surface area contributed by atoms with Crippen molar-refractivity contribution >= 4 is 0 Å². The van der Waals surface area contributed by atoms with Crippen molar-refractivity contribution in [1.29, 1.82) is 0 Å². The number of pyridine rings is 1. The van der Waals surface area contributed by atoms with Gasteiger partial charge in [0.05, 0.1) is 37.8 Å². The van der Waals surface area contributed by atoms with Crippen LogP contribution >= 0.6 is 0 Å². The standard InChI is InChI=1S/C27H37F12N5O2/c28-24(29,30)22(25(31,32)33)18-43-6-4-41-8-12-45-14-10-42(11-15-46-13-9-41)5-7-44(17-21-3-1-2-20(16-43)40-21)19-23(26(34,35)36)27(37,38)39/h1-3,22-23H,4-19H2. The van der Waals surface area contributed by atoms with Crippen LogP contribution in [0.5, 0.6) is 0 Å². The van der Waals surface area contributed by atoms with Crippen LogP contribution < -0.4 is 0 Å². The van der Waals surface area contributed by atoms with Gasteiger partial charge in [-0.25, -0.2) is 0 Å². The van der Waals surface area contributed by atoms with Gasteiger partial charge in [-0.3, -0.25) is 24.6 Å². The SMILES string of the molecule is FC(F)(F)C(CN1CCN2CCOCCN(CCOCC2)CCN(CC(C(F)(F)F)C(F)(F)F)Cc2cccc(n2)C1)C(F)(F)F. The van der Waals surface area contributed by atoms with Crippen LogP contribution in [0.25, 0.3) is 0 Å². The maximum Gasteiger partial charge on any atom is 0.401 e. The predicted octanol–water partition coefficient (Wildman–Crippen LogP) is 4.83. The Morgan fingerprint density at radius 1 is 0.522 bits per heavy atom. The minimum absolute atomic E-state index is 0.00539. The molecule has 0 N–H and O–H groups in total. The van der Waals surface area contributed by atoms with Gasteiger partial charge < -0.3 is 9.47 Å². The Hall–Kier alpha value is -1.93. The number of nitrogens with zero attached hydrogens (tertiary/aromatic N) is 5. The van der Waals surface area contributed by atoms with E-state index in [1.54, 1.807) is 9.80 Å². The van der Waals surface area contributed by atoms with Gasteiger partial charge in [0.25, 0.3) is 0 Å². The molecule has 1 fully saturated rings. The first-order valence-electron chi connectivity index (χ1n) is 14.6. The van der Waals surface area contributed by atoms with Gasteiger partial charge in [0.15, 0.2) is 11.8 Å². The molecule has 4 bridgehead atoms. The zero-order chi connectivity index (χ0) is 34.2. The van der Waals surface area contributed by atoms with E-state index in [9.17, 15) is 52.7 Å². The number of fused-ring (bicyclic) bond motifs is 14. The molecule has 4 heterocycles. The molecule has 1 saturated heterocycles. The summed E-state index contributed by atoms with van der Waals surface area (Å²) in [5, 5.41) is 0. The number of aromatic nitrogens is 1. The molecule has 0 radical (unpaired) electrons. The molecule has 0 spiro atoms. The summed E-state index contributed by atoms with van der Waals surface area (Å²) < 4.78 is 173. The Bertz CT molecular complexity index is 936. The molecule has 0 saturated carbocycles. The van der Waals surface area contributed by atoms with Gasteiger partial charge in [-0.1, -0.05) is 6.07 Å². The fourth-order valence-corrected chi connectivity index (χ4v) is 5.15. The van der Waals surface area contributed by atoms with E-state index in [2.05, 4.69) is 4.98 Å². The average Bonchev–Trinajstić information content (AvgIpc) is 2.90. The van der Waals surface area contributed by atoms with E-state index in [0.717, 1.165) is 9.80 Å². The molecule has 0 unspecified atom stereocenters. The molecule has 1 aromatic rings. The molecule has 46 heavy (non-hydrogen) atoms. The molecule has 0 aliphatic carbocycles. The molecule has 19 heteroatoms. The van der Waals surface area contributed by atoms with Crippen molar-refractivity contribution in [1.82, 2.24) is 24.6 Å². The highest BCUT2D eigenvalue weighted by Crippen LogP contribution is 2.41. The van der Waals surface area contributed by atoms with Crippen molar-refractivity contribution < 1.29 is 62.2 Å². The van der Waals surface area contributed by atoms with Crippen molar-refractivity contribution in [3.8, 4) is 0 Å². The van der Waals surface area contributed by atoms with Crippen LogP contribution in [0.3, 0.4) is 0 Å². The molecule has 1 aromatic heterocycles. The molecule has 0 aromatic carbocycles. The summed E-state index contributed by atoms with van der Waals surface area (Å²) in [6.45, 7) is -2.42. The zero-order valence-electron chi connectivity index (χ0n) is 24.8. The van der Waals surface area contributed by atoms with Crippen LogP contribution in [0.4, 0.5) is 52.7 Å². The zero-order valence-corrected chi connectivity index (χ0v) is 24.8. The second kappa shape index (κ2) is 16.5. The van der Waals surface area contributed by atoms with Crippen molar-refractivity contribution in [3.05, 3.63) is 29.6 Å². The molecular weight excluding hydrogens is 654 g/mol. The summed E-state index contributed by atoms with van der Waals surface area (Å²) in [5.74, 6) is -7.33. The molecular formula is C27H37F12N5O2. The van der Waals surface area contributed by atoms with E-state index in [1.165, 1.54) is 18.2 Å². The minimum atomic E-state index is -5.60. The maximum atomic E-state index is 13.5. The Balaban J connectivity index is 1.99. The third-order valence-electron chi connectivity index (χ3n) is 7.77. The number of hydrogen-bond donors (Lipinski definition) is 0. The van der Waals surface area contributed by atoms with E-state index < -0.39 is 62.7 Å². The number of hydrogen-bond acceptors (Lipinski definition) is 7. The lowest BCUT2D eigenvalue weighted by Crippen LogP contribution is -2.48. The molecule has 0 amide bonds. The van der Waals surface area contributed by atoms with Crippen LogP contribution in [0.1, 0.15) is 11.4 Å². The summed E-state index contributed by atoms with van der Waals surface area (Å²) in [6, 6.07) is 4.00. The van der Waals surface area contributed by atoms with E-state index in [4.69, 9.17) is 9.47 Å². The first-order valence-corrected chi connectivity index (χ1v) is 14.6. The fraction of sp³-hybridized carbons (Fsp3) is 0.815. The number of halogens is 12. The molecule has 3 aliphatic rings. The number of rotatable bonds is 4. The van der Waals surface area contributed by atoms with E-state index in [1.807, 2.05) is 0 Å². The number of ether oxygens (including phenoxy) is 2. The second-order valence-electron chi connectivity index (χ2n) is 11.3. The van der Waals surface area contributed by atoms with Crippen molar-refractivity contribution in [2.75, 3.05) is 91.9 Å². The Morgan fingerprint density at radius 2 is 0.848 bits per heavy atom. The summed E-state index contributed by atoms with van der Waals surface area (Å²) in [4.78, 5) is 9.71. The summed E-state index contributed by atoms with van der Waals surface area (Å²) in [6.07, 6.45) is -22.4. The first kappa shape index (κ1) is 38.5. The highest BCUT2D eigenvalue weighted by molar-refractivity contribution is 5.11. The highest BCUT2D eigenvalue weighted by Gasteiger charge is 2.58. The second-order valence-corrected chi connectivity index (χ2v) is 11.3. The van der Waals surface area contributed by atoms with Crippen molar-refractivity contribution in [2.24, 2.45) is 11.8 Å². The third kappa shape index (κ3) is 12.9. The fourth-order valence-electron chi connectivity index (χ4n) is 5.15. The predicted molar refractivity (Wildman–Crippen MR) is 141 cm³/mol. The van der Waals surface area contributed by atoms with Gasteiger partial charge in [-0.05, 0) is 12.1 Å². The van der Waals surface area contributed by atoms with Crippen LogP contribution in [-0.2, 0) is 22.6 Å². The van der Waals surface area contributed by atoms with Gasteiger partial charge in [-0.2, -0.15) is 52.7 Å².